The fourth-order valence-corrected chi connectivity index (χ4v) is 3.51. The Morgan fingerprint density at radius 1 is 1.20 bits per heavy atom. The lowest BCUT2D eigenvalue weighted by atomic mass is 9.98. The zero-order valence-electron chi connectivity index (χ0n) is 16.3. The van der Waals surface area contributed by atoms with Crippen molar-refractivity contribution in [2.45, 2.75) is 13.0 Å². The van der Waals surface area contributed by atoms with Crippen LogP contribution >= 0.6 is 0 Å². The number of carbonyl (C=O) groups excluding carboxylic acids is 2. The quantitative estimate of drug-likeness (QED) is 0.483. The van der Waals surface area contributed by atoms with Crippen LogP contribution in [0.4, 0.5) is 4.79 Å². The number of urea groups is 1. The van der Waals surface area contributed by atoms with Crippen molar-refractivity contribution in [3.63, 3.8) is 0 Å². The second-order valence-corrected chi connectivity index (χ2v) is 7.10. The summed E-state index contributed by atoms with van der Waals surface area (Å²) in [7, 11) is 0. The van der Waals surface area contributed by atoms with E-state index < -0.39 is 6.03 Å². The molecule has 1 aromatic heterocycles. The zero-order valence-corrected chi connectivity index (χ0v) is 16.3. The fourth-order valence-electron chi connectivity index (χ4n) is 3.51. The molecule has 3 N–H and O–H groups in total. The third kappa shape index (κ3) is 4.18. The van der Waals surface area contributed by atoms with E-state index in [1.165, 1.54) is 0 Å². The molecule has 0 fully saturated rings. The lowest BCUT2D eigenvalue weighted by molar-refractivity contribution is -0.0464. The van der Waals surface area contributed by atoms with Gasteiger partial charge in [0.25, 0.3) is 5.91 Å². The molecule has 0 unspecified atom stereocenters. The first kappa shape index (κ1) is 19.7. The summed E-state index contributed by atoms with van der Waals surface area (Å²) >= 11 is 0. The molecule has 0 atom stereocenters. The average molecular weight is 406 g/mol. The van der Waals surface area contributed by atoms with Crippen LogP contribution in [0.3, 0.4) is 0 Å². The molecular formula is C22H22N4O4. The molecule has 8 nitrogen and oxygen atoms in total. The van der Waals surface area contributed by atoms with Crippen molar-refractivity contribution in [3.8, 4) is 5.75 Å². The summed E-state index contributed by atoms with van der Waals surface area (Å²) in [6.07, 6.45) is 0.708. The largest absolute Gasteiger partial charge is 0.492 e. The first-order chi connectivity index (χ1) is 14.5. The number of rotatable bonds is 6. The molecule has 0 aliphatic carbocycles. The highest BCUT2D eigenvalue weighted by molar-refractivity contribution is 5.97. The van der Waals surface area contributed by atoms with Gasteiger partial charge in [-0.3, -0.25) is 15.0 Å². The number of benzene rings is 2. The molecule has 2 heterocycles. The van der Waals surface area contributed by atoms with Crippen LogP contribution in [0.2, 0.25) is 0 Å². The highest BCUT2D eigenvalue weighted by Crippen LogP contribution is 2.25. The van der Waals surface area contributed by atoms with Gasteiger partial charge >= 0.3 is 6.03 Å². The number of ether oxygens (including phenoxy) is 1. The Balaban J connectivity index is 1.42. The number of primary amides is 1. The van der Waals surface area contributed by atoms with Crippen LogP contribution in [0.25, 0.3) is 10.9 Å². The zero-order chi connectivity index (χ0) is 21.1. The number of nitrogens with two attached hydrogens (primary N) is 1. The highest BCUT2D eigenvalue weighted by atomic mass is 16.5. The van der Waals surface area contributed by atoms with E-state index >= 15 is 0 Å². The predicted octanol–water partition coefficient (Wildman–Crippen LogP) is 2.58. The van der Waals surface area contributed by atoms with E-state index in [-0.39, 0.29) is 19.1 Å². The number of carbonyl (C=O) groups is 2. The van der Waals surface area contributed by atoms with Crippen LogP contribution in [-0.2, 0) is 13.0 Å². The molecule has 0 bridgehead atoms. The van der Waals surface area contributed by atoms with Crippen LogP contribution in [0, 0.1) is 0 Å². The number of hydrogen-bond donors (Lipinski definition) is 2. The molecule has 0 saturated carbocycles. The van der Waals surface area contributed by atoms with E-state index in [0.29, 0.717) is 35.9 Å². The number of para-hydroxylation sites is 1. The highest BCUT2D eigenvalue weighted by Gasteiger charge is 2.25. The maximum absolute atomic E-state index is 12.9. The van der Waals surface area contributed by atoms with Crippen LogP contribution in [0.15, 0.2) is 54.6 Å². The number of fused-ring (bicyclic) bond motifs is 2. The average Bonchev–Trinajstić information content (AvgIpc) is 2.75. The third-order valence-electron chi connectivity index (χ3n) is 5.08. The van der Waals surface area contributed by atoms with Crippen molar-refractivity contribution in [2.24, 2.45) is 5.73 Å². The number of pyridine rings is 1. The lowest BCUT2D eigenvalue weighted by Gasteiger charge is -2.28. The number of nitrogens with zero attached hydrogens (tertiary/aromatic N) is 3. The molecule has 3 amide bonds. The minimum Gasteiger partial charge on any atom is -0.492 e. The van der Waals surface area contributed by atoms with Gasteiger partial charge in [-0.05, 0) is 42.3 Å². The van der Waals surface area contributed by atoms with Gasteiger partial charge in [-0.25, -0.2) is 9.86 Å². The Morgan fingerprint density at radius 2 is 2.03 bits per heavy atom. The number of amides is 3. The maximum atomic E-state index is 12.9. The van der Waals surface area contributed by atoms with Crippen LogP contribution in [-0.4, -0.2) is 51.8 Å². The molecule has 4 rings (SSSR count). The van der Waals surface area contributed by atoms with Crippen LogP contribution in [0.5, 0.6) is 5.75 Å². The van der Waals surface area contributed by atoms with E-state index in [2.05, 4.69) is 4.98 Å². The minimum absolute atomic E-state index is 0.0342. The van der Waals surface area contributed by atoms with Crippen LogP contribution in [0.1, 0.15) is 21.6 Å². The van der Waals surface area contributed by atoms with Gasteiger partial charge in [0.2, 0.25) is 0 Å². The van der Waals surface area contributed by atoms with E-state index in [9.17, 15) is 14.8 Å². The summed E-state index contributed by atoms with van der Waals surface area (Å²) in [6.45, 7) is 1.10. The second-order valence-electron chi connectivity index (χ2n) is 7.10. The monoisotopic (exact) mass is 406 g/mol. The van der Waals surface area contributed by atoms with Crippen molar-refractivity contribution in [1.82, 2.24) is 14.9 Å². The van der Waals surface area contributed by atoms with E-state index in [1.54, 1.807) is 17.0 Å². The second kappa shape index (κ2) is 8.38. The number of hydroxylamine groups is 2. The molecule has 1 aliphatic heterocycles. The normalized spacial score (nSPS) is 13.2. The summed E-state index contributed by atoms with van der Waals surface area (Å²) in [4.78, 5) is 30.2. The Hall–Kier alpha value is -3.65. The lowest BCUT2D eigenvalue weighted by Crippen LogP contribution is -2.37. The van der Waals surface area contributed by atoms with Gasteiger partial charge in [0.05, 0.1) is 24.3 Å². The summed E-state index contributed by atoms with van der Waals surface area (Å²) in [5.41, 5.74) is 8.28. The fraction of sp³-hybridized carbons (Fsp3) is 0.227. The number of hydrogen-bond acceptors (Lipinski definition) is 5. The summed E-state index contributed by atoms with van der Waals surface area (Å²) < 4.78 is 5.55. The Morgan fingerprint density at radius 3 is 2.87 bits per heavy atom. The molecular weight excluding hydrogens is 384 g/mol. The molecule has 0 saturated heterocycles. The van der Waals surface area contributed by atoms with Crippen molar-refractivity contribution in [2.75, 3.05) is 19.7 Å². The molecule has 2 aromatic carbocycles. The molecule has 8 heteroatoms. The Kier molecular flexibility index (Phi) is 5.49. The van der Waals surface area contributed by atoms with Crippen molar-refractivity contribution in [1.29, 1.82) is 0 Å². The van der Waals surface area contributed by atoms with Gasteiger partial charge in [0.15, 0.2) is 0 Å². The molecule has 0 radical (unpaired) electrons. The topological polar surface area (TPSA) is 109 Å². The van der Waals surface area contributed by atoms with Gasteiger partial charge in [-0.2, -0.15) is 0 Å². The molecule has 1 aliphatic rings. The van der Waals surface area contributed by atoms with Gasteiger partial charge in [0.1, 0.15) is 12.4 Å². The number of aromatic nitrogens is 1. The van der Waals surface area contributed by atoms with Gasteiger partial charge in [0, 0.05) is 17.5 Å². The van der Waals surface area contributed by atoms with Gasteiger partial charge < -0.3 is 15.4 Å². The van der Waals surface area contributed by atoms with Crippen LogP contribution < -0.4 is 10.5 Å². The van der Waals surface area contributed by atoms with Crippen molar-refractivity contribution in [3.05, 3.63) is 71.4 Å². The Bertz CT molecular complexity index is 1100. The third-order valence-corrected chi connectivity index (χ3v) is 5.08. The first-order valence-corrected chi connectivity index (χ1v) is 9.67. The predicted molar refractivity (Wildman–Crippen MR) is 110 cm³/mol. The SMILES string of the molecule is NC(=O)N(O)CCOc1ccc2c(c1)CCN(Cc1ccc3ccccc3n1)C2=O. The van der Waals surface area contributed by atoms with E-state index in [0.717, 1.165) is 22.2 Å². The molecule has 30 heavy (non-hydrogen) atoms. The summed E-state index contributed by atoms with van der Waals surface area (Å²) in [5.74, 6) is 0.539. The molecule has 0 spiro atoms. The summed E-state index contributed by atoms with van der Waals surface area (Å²) in [6, 6.07) is 16.2. The van der Waals surface area contributed by atoms with Gasteiger partial charge in [-0.1, -0.05) is 24.3 Å². The minimum atomic E-state index is -0.935. The van der Waals surface area contributed by atoms with Crippen molar-refractivity contribution < 1.29 is 19.5 Å². The van der Waals surface area contributed by atoms with E-state index in [4.69, 9.17) is 10.5 Å². The standard InChI is InChI=1S/C22H22N4O4/c23-22(28)26(29)11-12-30-18-7-8-19-16(13-18)9-10-25(21(19)27)14-17-6-5-15-3-1-2-4-20(15)24-17/h1-8,13,29H,9-12,14H2,(H2,23,28). The van der Waals surface area contributed by atoms with Gasteiger partial charge in [-0.15, -0.1) is 0 Å². The van der Waals surface area contributed by atoms with E-state index in [1.807, 2.05) is 42.5 Å². The smallest absolute Gasteiger partial charge is 0.338 e. The first-order valence-electron chi connectivity index (χ1n) is 9.67. The summed E-state index contributed by atoms with van der Waals surface area (Å²) in [5, 5.41) is 10.7. The van der Waals surface area contributed by atoms with Crippen molar-refractivity contribution >= 4 is 22.8 Å². The Labute approximate surface area is 173 Å². The molecule has 3 aromatic rings. The molecule has 154 valence electrons. The maximum Gasteiger partial charge on any atom is 0.338 e.